The summed E-state index contributed by atoms with van der Waals surface area (Å²) < 4.78 is 5.75. The van der Waals surface area contributed by atoms with Gasteiger partial charge in [-0.15, -0.1) is 0 Å². The maximum Gasteiger partial charge on any atom is 0.200 e. The normalized spacial score (nSPS) is 12.3. The topological polar surface area (TPSA) is 49.7 Å². The molecule has 1 atom stereocenters. The molecule has 1 unspecified atom stereocenters. The van der Waals surface area contributed by atoms with E-state index >= 15 is 0 Å². The number of aromatic hydroxyl groups is 2. The maximum atomic E-state index is 9.68. The van der Waals surface area contributed by atoms with Gasteiger partial charge >= 0.3 is 0 Å². The lowest BCUT2D eigenvalue weighted by atomic mass is 10.1. The molecule has 0 bridgehead atoms. The molecular weight excluding hydrogens is 228 g/mol. The van der Waals surface area contributed by atoms with E-state index in [1.54, 1.807) is 12.1 Å². The predicted octanol–water partition coefficient (Wildman–Crippen LogP) is 4.23. The quantitative estimate of drug-likeness (QED) is 0.538. The molecule has 0 aliphatic carbocycles. The van der Waals surface area contributed by atoms with Crippen LogP contribution in [-0.2, 0) is 0 Å². The van der Waals surface area contributed by atoms with Crippen LogP contribution in [0, 0.1) is 0 Å². The molecule has 0 aromatic heterocycles. The molecule has 102 valence electrons. The number of benzene rings is 1. The summed E-state index contributed by atoms with van der Waals surface area (Å²) in [5, 5.41) is 19.1. The first kappa shape index (κ1) is 14.7. The van der Waals surface area contributed by atoms with Crippen molar-refractivity contribution in [3.8, 4) is 17.2 Å². The summed E-state index contributed by atoms with van der Waals surface area (Å²) in [6.07, 6.45) is 6.86. The number of ether oxygens (including phenoxy) is 1. The fraction of sp³-hybridized carbons (Fsp3) is 0.600. The summed E-state index contributed by atoms with van der Waals surface area (Å²) in [5.41, 5.74) is 0. The summed E-state index contributed by atoms with van der Waals surface area (Å²) in [7, 11) is 0. The molecule has 1 aromatic rings. The average molecular weight is 252 g/mol. The van der Waals surface area contributed by atoms with Crippen molar-refractivity contribution in [2.45, 2.75) is 58.5 Å². The lowest BCUT2D eigenvalue weighted by Crippen LogP contribution is -2.15. The predicted molar refractivity (Wildman–Crippen MR) is 73.2 cm³/mol. The standard InChI is InChI=1S/C15H24O3/c1-3-5-6-7-9-12(4-2)18-14-11-8-10-13(16)15(14)17/h8,10-12,16-17H,3-7,9H2,1-2H3. The van der Waals surface area contributed by atoms with Gasteiger partial charge in [0.05, 0.1) is 6.10 Å². The first-order chi connectivity index (χ1) is 8.69. The molecular formula is C15H24O3. The van der Waals surface area contributed by atoms with Gasteiger partial charge in [-0.05, 0) is 31.4 Å². The fourth-order valence-electron chi connectivity index (χ4n) is 1.93. The summed E-state index contributed by atoms with van der Waals surface area (Å²) in [6.45, 7) is 4.27. The molecule has 0 aliphatic rings. The van der Waals surface area contributed by atoms with Gasteiger partial charge < -0.3 is 14.9 Å². The third-order valence-corrected chi connectivity index (χ3v) is 3.11. The van der Waals surface area contributed by atoms with Crippen LogP contribution in [0.25, 0.3) is 0 Å². The highest BCUT2D eigenvalue weighted by atomic mass is 16.5. The third kappa shape index (κ3) is 4.47. The smallest absolute Gasteiger partial charge is 0.200 e. The van der Waals surface area contributed by atoms with E-state index in [9.17, 15) is 10.2 Å². The second-order valence-corrected chi connectivity index (χ2v) is 4.62. The van der Waals surface area contributed by atoms with Crippen LogP contribution in [0.1, 0.15) is 52.4 Å². The Bertz CT molecular complexity index is 350. The van der Waals surface area contributed by atoms with Crippen molar-refractivity contribution in [2.75, 3.05) is 0 Å². The van der Waals surface area contributed by atoms with E-state index in [0.29, 0.717) is 5.75 Å². The number of unbranched alkanes of at least 4 members (excludes halogenated alkanes) is 3. The Morgan fingerprint density at radius 2 is 1.89 bits per heavy atom. The van der Waals surface area contributed by atoms with Crippen molar-refractivity contribution in [3.63, 3.8) is 0 Å². The Kier molecular flexibility index (Phi) is 6.40. The van der Waals surface area contributed by atoms with Crippen molar-refractivity contribution >= 4 is 0 Å². The molecule has 0 spiro atoms. The van der Waals surface area contributed by atoms with Crippen LogP contribution in [0.2, 0.25) is 0 Å². The minimum absolute atomic E-state index is 0.106. The fourth-order valence-corrected chi connectivity index (χ4v) is 1.93. The van der Waals surface area contributed by atoms with Gasteiger partial charge in [0.2, 0.25) is 5.75 Å². The number of para-hydroxylation sites is 1. The first-order valence-electron chi connectivity index (χ1n) is 6.86. The second kappa shape index (κ2) is 7.85. The Morgan fingerprint density at radius 3 is 2.56 bits per heavy atom. The Morgan fingerprint density at radius 1 is 1.11 bits per heavy atom. The van der Waals surface area contributed by atoms with Crippen LogP contribution in [0.3, 0.4) is 0 Å². The van der Waals surface area contributed by atoms with Crippen molar-refractivity contribution in [3.05, 3.63) is 18.2 Å². The van der Waals surface area contributed by atoms with Crippen molar-refractivity contribution < 1.29 is 14.9 Å². The summed E-state index contributed by atoms with van der Waals surface area (Å²) in [4.78, 5) is 0. The number of rotatable bonds is 8. The largest absolute Gasteiger partial charge is 0.504 e. The van der Waals surface area contributed by atoms with Crippen molar-refractivity contribution in [2.24, 2.45) is 0 Å². The molecule has 3 heteroatoms. The molecule has 0 fully saturated rings. The number of phenolic OH excluding ortho intramolecular Hbond substituents is 2. The number of phenols is 2. The molecule has 0 saturated heterocycles. The van der Waals surface area contributed by atoms with Gasteiger partial charge in [0.25, 0.3) is 0 Å². The van der Waals surface area contributed by atoms with E-state index in [0.717, 1.165) is 19.3 Å². The Hall–Kier alpha value is -1.38. The molecule has 0 amide bonds. The zero-order valence-corrected chi connectivity index (χ0v) is 11.4. The van der Waals surface area contributed by atoms with Gasteiger partial charge in [0.15, 0.2) is 11.5 Å². The van der Waals surface area contributed by atoms with Crippen LogP contribution >= 0.6 is 0 Å². The van der Waals surface area contributed by atoms with E-state index in [1.807, 2.05) is 0 Å². The molecule has 1 rings (SSSR count). The molecule has 0 saturated carbocycles. The van der Waals surface area contributed by atoms with E-state index < -0.39 is 0 Å². The van der Waals surface area contributed by atoms with Gasteiger partial charge in [0, 0.05) is 0 Å². The van der Waals surface area contributed by atoms with E-state index in [2.05, 4.69) is 13.8 Å². The maximum absolute atomic E-state index is 9.68. The van der Waals surface area contributed by atoms with Crippen LogP contribution in [-0.4, -0.2) is 16.3 Å². The van der Waals surface area contributed by atoms with Crippen LogP contribution in [0.5, 0.6) is 17.2 Å². The zero-order chi connectivity index (χ0) is 13.4. The molecule has 0 radical (unpaired) electrons. The highest BCUT2D eigenvalue weighted by molar-refractivity contribution is 5.48. The van der Waals surface area contributed by atoms with Gasteiger partial charge in [0.1, 0.15) is 0 Å². The van der Waals surface area contributed by atoms with Crippen LogP contribution < -0.4 is 4.74 Å². The van der Waals surface area contributed by atoms with E-state index in [1.165, 1.54) is 25.3 Å². The lowest BCUT2D eigenvalue weighted by molar-refractivity contribution is 0.175. The van der Waals surface area contributed by atoms with Gasteiger partial charge in [-0.2, -0.15) is 0 Å². The van der Waals surface area contributed by atoms with Crippen LogP contribution in [0.15, 0.2) is 18.2 Å². The van der Waals surface area contributed by atoms with Gasteiger partial charge in [-0.1, -0.05) is 39.2 Å². The molecule has 1 aromatic carbocycles. The molecule has 18 heavy (non-hydrogen) atoms. The van der Waals surface area contributed by atoms with E-state index in [-0.39, 0.29) is 17.6 Å². The third-order valence-electron chi connectivity index (χ3n) is 3.11. The number of hydrogen-bond acceptors (Lipinski definition) is 3. The second-order valence-electron chi connectivity index (χ2n) is 4.62. The monoisotopic (exact) mass is 252 g/mol. The number of hydrogen-bond donors (Lipinski definition) is 2. The highest BCUT2D eigenvalue weighted by Crippen LogP contribution is 2.35. The van der Waals surface area contributed by atoms with E-state index in [4.69, 9.17) is 4.74 Å². The molecule has 3 nitrogen and oxygen atoms in total. The molecule has 0 heterocycles. The molecule has 0 aliphatic heterocycles. The SMILES string of the molecule is CCCCCCC(CC)Oc1cccc(O)c1O. The van der Waals surface area contributed by atoms with Gasteiger partial charge in [-0.25, -0.2) is 0 Å². The zero-order valence-electron chi connectivity index (χ0n) is 11.4. The minimum atomic E-state index is -0.162. The van der Waals surface area contributed by atoms with Crippen LogP contribution in [0.4, 0.5) is 0 Å². The Balaban J connectivity index is 2.49. The average Bonchev–Trinajstić information content (AvgIpc) is 2.38. The Labute approximate surface area is 109 Å². The molecule has 2 N–H and O–H groups in total. The van der Waals surface area contributed by atoms with Crippen molar-refractivity contribution in [1.82, 2.24) is 0 Å². The van der Waals surface area contributed by atoms with Crippen molar-refractivity contribution in [1.29, 1.82) is 0 Å². The summed E-state index contributed by atoms with van der Waals surface area (Å²) >= 11 is 0. The summed E-state index contributed by atoms with van der Waals surface area (Å²) in [5.74, 6) is 0.0789. The minimum Gasteiger partial charge on any atom is -0.504 e. The first-order valence-corrected chi connectivity index (χ1v) is 6.86. The summed E-state index contributed by atoms with van der Waals surface area (Å²) in [6, 6.07) is 4.81. The van der Waals surface area contributed by atoms with Gasteiger partial charge in [-0.3, -0.25) is 0 Å². The highest BCUT2D eigenvalue weighted by Gasteiger charge is 2.12. The lowest BCUT2D eigenvalue weighted by Gasteiger charge is -2.18.